The Morgan fingerprint density at radius 1 is 0.978 bits per heavy atom. The standard InChI is InChI=1S/C34H32Cl2F2N8/c1-33(2)14-24(15-34(3,4)44-33)46-18-29(43-45-46)31(19-5-7-21(35)8-6-19)42-23-11-25-30(41-22-9-10-27(37)26(36)12-22)20(16-39)17-40-32(25)28(38)13-23/h5-13,17-18,24,31,42,44H,14-15H2,1-4H3,(H,40,41). The average Bonchev–Trinajstić information content (AvgIpc) is 3.47. The smallest absolute Gasteiger partial charge is 0.151 e. The Kier molecular flexibility index (Phi) is 8.36. The van der Waals surface area contributed by atoms with Gasteiger partial charge >= 0.3 is 0 Å². The van der Waals surface area contributed by atoms with Gasteiger partial charge in [0.1, 0.15) is 23.1 Å². The van der Waals surface area contributed by atoms with E-state index < -0.39 is 17.7 Å². The molecule has 12 heteroatoms. The first-order valence-electron chi connectivity index (χ1n) is 14.8. The molecule has 1 unspecified atom stereocenters. The molecule has 46 heavy (non-hydrogen) atoms. The molecule has 2 aromatic heterocycles. The van der Waals surface area contributed by atoms with Crippen molar-refractivity contribution in [2.45, 2.75) is 63.7 Å². The van der Waals surface area contributed by atoms with Crippen LogP contribution in [0.15, 0.2) is 67.0 Å². The molecular weight excluding hydrogens is 629 g/mol. The quantitative estimate of drug-likeness (QED) is 0.160. The summed E-state index contributed by atoms with van der Waals surface area (Å²) in [6.45, 7) is 8.74. The van der Waals surface area contributed by atoms with Gasteiger partial charge in [-0.05, 0) is 88.6 Å². The van der Waals surface area contributed by atoms with Gasteiger partial charge in [0, 0.05) is 39.1 Å². The van der Waals surface area contributed by atoms with Crippen LogP contribution in [0.4, 0.5) is 25.8 Å². The van der Waals surface area contributed by atoms with Crippen LogP contribution < -0.4 is 16.0 Å². The number of pyridine rings is 1. The number of halogens is 4. The number of anilines is 3. The zero-order chi connectivity index (χ0) is 32.8. The summed E-state index contributed by atoms with van der Waals surface area (Å²) in [6, 6.07) is 16.2. The molecule has 1 fully saturated rings. The number of hydrogen-bond acceptors (Lipinski definition) is 7. The highest BCUT2D eigenvalue weighted by molar-refractivity contribution is 6.31. The van der Waals surface area contributed by atoms with Crippen LogP contribution in [-0.4, -0.2) is 31.1 Å². The van der Waals surface area contributed by atoms with Crippen molar-refractivity contribution in [3.05, 3.63) is 105 Å². The first-order valence-corrected chi connectivity index (χ1v) is 15.5. The zero-order valence-corrected chi connectivity index (χ0v) is 27.2. The van der Waals surface area contributed by atoms with Gasteiger partial charge in [-0.1, -0.05) is 40.5 Å². The fraction of sp³-hybridized carbons (Fsp3) is 0.294. The molecule has 6 rings (SSSR count). The van der Waals surface area contributed by atoms with E-state index in [9.17, 15) is 9.65 Å². The van der Waals surface area contributed by atoms with Crippen LogP contribution in [0.5, 0.6) is 0 Å². The maximum atomic E-state index is 15.7. The highest BCUT2D eigenvalue weighted by Gasteiger charge is 2.39. The molecule has 1 aliphatic heterocycles. The van der Waals surface area contributed by atoms with Crippen molar-refractivity contribution >= 4 is 51.2 Å². The van der Waals surface area contributed by atoms with Crippen LogP contribution in [0.2, 0.25) is 10.0 Å². The molecule has 0 saturated carbocycles. The van der Waals surface area contributed by atoms with Crippen molar-refractivity contribution in [1.82, 2.24) is 25.3 Å². The highest BCUT2D eigenvalue weighted by atomic mass is 35.5. The summed E-state index contributed by atoms with van der Waals surface area (Å²) in [5.74, 6) is -1.18. The van der Waals surface area contributed by atoms with Gasteiger partial charge in [0.05, 0.1) is 34.6 Å². The largest absolute Gasteiger partial charge is 0.373 e. The lowest BCUT2D eigenvalue weighted by molar-refractivity contribution is 0.125. The molecule has 3 heterocycles. The second kappa shape index (κ2) is 12.1. The van der Waals surface area contributed by atoms with E-state index in [1.165, 1.54) is 30.5 Å². The molecule has 0 bridgehead atoms. The van der Waals surface area contributed by atoms with Crippen LogP contribution in [-0.2, 0) is 0 Å². The molecule has 0 spiro atoms. The van der Waals surface area contributed by atoms with Gasteiger partial charge in [-0.15, -0.1) is 5.10 Å². The fourth-order valence-corrected chi connectivity index (χ4v) is 6.79. The molecule has 5 aromatic rings. The molecule has 0 aliphatic carbocycles. The van der Waals surface area contributed by atoms with E-state index in [1.807, 2.05) is 23.0 Å². The van der Waals surface area contributed by atoms with Crippen molar-refractivity contribution < 1.29 is 8.78 Å². The van der Waals surface area contributed by atoms with Crippen molar-refractivity contribution in [3.8, 4) is 6.07 Å². The van der Waals surface area contributed by atoms with Gasteiger partial charge in [-0.3, -0.25) is 4.98 Å². The number of fused-ring (bicyclic) bond motifs is 1. The summed E-state index contributed by atoms with van der Waals surface area (Å²) >= 11 is 12.2. The van der Waals surface area contributed by atoms with E-state index in [2.05, 4.69) is 65.0 Å². The topological polar surface area (TPSA) is 103 Å². The average molecular weight is 662 g/mol. The molecule has 236 valence electrons. The normalized spacial score (nSPS) is 16.6. The summed E-state index contributed by atoms with van der Waals surface area (Å²) in [7, 11) is 0. The number of aromatic nitrogens is 4. The first kappa shape index (κ1) is 31.7. The minimum Gasteiger partial charge on any atom is -0.373 e. The van der Waals surface area contributed by atoms with Gasteiger partial charge in [0.2, 0.25) is 0 Å². The van der Waals surface area contributed by atoms with Gasteiger partial charge in [-0.25, -0.2) is 13.5 Å². The summed E-state index contributed by atoms with van der Waals surface area (Å²) in [6.07, 6.45) is 4.98. The second-order valence-corrected chi connectivity index (χ2v) is 13.8. The van der Waals surface area contributed by atoms with Crippen LogP contribution in [0, 0.1) is 23.0 Å². The second-order valence-electron chi connectivity index (χ2n) is 13.0. The number of nitrogens with zero attached hydrogens (tertiary/aromatic N) is 5. The van der Waals surface area contributed by atoms with Gasteiger partial charge in [-0.2, -0.15) is 5.26 Å². The van der Waals surface area contributed by atoms with Crippen molar-refractivity contribution in [2.75, 3.05) is 10.6 Å². The van der Waals surface area contributed by atoms with Crippen molar-refractivity contribution in [1.29, 1.82) is 5.26 Å². The maximum absolute atomic E-state index is 15.7. The molecule has 1 saturated heterocycles. The SMILES string of the molecule is CC1(C)CC(n2cc(C(Nc3cc(F)c4ncc(C#N)c(Nc5ccc(F)c(Cl)c5)c4c3)c3ccc(Cl)cc3)nn2)CC(C)(C)N1. The summed E-state index contributed by atoms with van der Waals surface area (Å²) in [5.41, 5.74) is 2.69. The molecule has 0 amide bonds. The van der Waals surface area contributed by atoms with E-state index in [-0.39, 0.29) is 33.2 Å². The molecule has 8 nitrogen and oxygen atoms in total. The minimum atomic E-state index is -0.595. The predicted molar refractivity (Wildman–Crippen MR) is 178 cm³/mol. The number of benzene rings is 3. The Morgan fingerprint density at radius 2 is 1.70 bits per heavy atom. The maximum Gasteiger partial charge on any atom is 0.151 e. The molecular formula is C34H32Cl2F2N8. The lowest BCUT2D eigenvalue weighted by Gasteiger charge is -2.46. The van der Waals surface area contributed by atoms with E-state index in [0.717, 1.165) is 18.4 Å². The van der Waals surface area contributed by atoms with E-state index in [4.69, 9.17) is 23.2 Å². The molecule has 3 aromatic carbocycles. The molecule has 3 N–H and O–H groups in total. The number of nitriles is 1. The Morgan fingerprint density at radius 3 is 2.37 bits per heavy atom. The van der Waals surface area contributed by atoms with Gasteiger partial charge < -0.3 is 16.0 Å². The Balaban J connectivity index is 1.41. The zero-order valence-electron chi connectivity index (χ0n) is 25.7. The van der Waals surface area contributed by atoms with Crippen LogP contribution in [0.1, 0.15) is 69.4 Å². The number of piperidine rings is 1. The Labute approximate surface area is 275 Å². The molecule has 1 atom stereocenters. The lowest BCUT2D eigenvalue weighted by atomic mass is 9.80. The Bertz CT molecular complexity index is 1950. The minimum absolute atomic E-state index is 0.0605. The third-order valence-electron chi connectivity index (χ3n) is 8.12. The summed E-state index contributed by atoms with van der Waals surface area (Å²) < 4.78 is 31.4. The molecule has 0 radical (unpaired) electrons. The van der Waals surface area contributed by atoms with Gasteiger partial charge in [0.15, 0.2) is 5.82 Å². The monoisotopic (exact) mass is 660 g/mol. The molecule has 1 aliphatic rings. The summed E-state index contributed by atoms with van der Waals surface area (Å²) in [5, 5.41) is 30.1. The van der Waals surface area contributed by atoms with Crippen molar-refractivity contribution in [3.63, 3.8) is 0 Å². The third-order valence-corrected chi connectivity index (χ3v) is 8.66. The van der Waals surface area contributed by atoms with Crippen molar-refractivity contribution in [2.24, 2.45) is 0 Å². The van der Waals surface area contributed by atoms with Crippen LogP contribution in [0.3, 0.4) is 0 Å². The van der Waals surface area contributed by atoms with E-state index in [1.54, 1.807) is 18.2 Å². The first-order chi connectivity index (χ1) is 21.8. The lowest BCUT2D eigenvalue weighted by Crippen LogP contribution is -2.58. The van der Waals surface area contributed by atoms with Crippen LogP contribution >= 0.6 is 23.2 Å². The van der Waals surface area contributed by atoms with E-state index in [0.29, 0.717) is 33.2 Å². The predicted octanol–water partition coefficient (Wildman–Crippen LogP) is 8.71. The number of rotatable bonds is 7. The van der Waals surface area contributed by atoms with Crippen LogP contribution in [0.25, 0.3) is 10.9 Å². The fourth-order valence-electron chi connectivity index (χ4n) is 6.49. The van der Waals surface area contributed by atoms with E-state index >= 15 is 4.39 Å². The summed E-state index contributed by atoms with van der Waals surface area (Å²) in [4.78, 5) is 4.21. The Hall–Kier alpha value is -4.30. The third kappa shape index (κ3) is 6.63. The highest BCUT2D eigenvalue weighted by Crippen LogP contribution is 2.38. The van der Waals surface area contributed by atoms with Gasteiger partial charge in [0.25, 0.3) is 0 Å². The number of nitrogens with one attached hydrogen (secondary N) is 3. The number of hydrogen-bond donors (Lipinski definition) is 3.